The Kier molecular flexibility index (Phi) is 7.89. The summed E-state index contributed by atoms with van der Waals surface area (Å²) in [4.78, 5) is 28.6. The van der Waals surface area contributed by atoms with Crippen LogP contribution in [0.2, 0.25) is 0 Å². The molecule has 9 nitrogen and oxygen atoms in total. The largest absolute Gasteiger partial charge is 0.493 e. The van der Waals surface area contributed by atoms with E-state index < -0.39 is 0 Å². The molecule has 3 amide bonds. The summed E-state index contributed by atoms with van der Waals surface area (Å²) in [6, 6.07) is 14.7. The molecule has 0 aliphatic carbocycles. The van der Waals surface area contributed by atoms with Crippen molar-refractivity contribution in [2.75, 3.05) is 38.6 Å². The van der Waals surface area contributed by atoms with E-state index in [9.17, 15) is 9.59 Å². The fraction of sp³-hybridized carbons (Fsp3) is 0.296. The van der Waals surface area contributed by atoms with Crippen LogP contribution in [0.25, 0.3) is 6.08 Å². The van der Waals surface area contributed by atoms with Crippen molar-refractivity contribution in [1.82, 2.24) is 15.0 Å². The van der Waals surface area contributed by atoms with Crippen molar-refractivity contribution in [3.05, 3.63) is 77.2 Å². The van der Waals surface area contributed by atoms with Gasteiger partial charge in [-0.3, -0.25) is 4.79 Å². The van der Waals surface area contributed by atoms with Crippen molar-refractivity contribution >= 4 is 23.7 Å². The van der Waals surface area contributed by atoms with Gasteiger partial charge in [0.05, 0.1) is 18.4 Å². The average Bonchev–Trinajstić information content (AvgIpc) is 3.23. The van der Waals surface area contributed by atoms with Gasteiger partial charge in [-0.15, -0.1) is 0 Å². The number of benzene rings is 2. The molecule has 36 heavy (non-hydrogen) atoms. The van der Waals surface area contributed by atoms with Gasteiger partial charge in [-0.05, 0) is 49.8 Å². The van der Waals surface area contributed by atoms with Crippen LogP contribution in [-0.4, -0.2) is 60.2 Å². The molecule has 2 heterocycles. The van der Waals surface area contributed by atoms with E-state index >= 15 is 0 Å². The number of nitrogens with zero attached hydrogens (tertiary/aromatic N) is 3. The molecule has 1 aliphatic heterocycles. The maximum Gasteiger partial charge on any atom is 0.321 e. The summed E-state index contributed by atoms with van der Waals surface area (Å²) < 4.78 is 16.6. The number of urea groups is 1. The van der Waals surface area contributed by atoms with Gasteiger partial charge < -0.3 is 29.1 Å². The Morgan fingerprint density at radius 1 is 1.03 bits per heavy atom. The summed E-state index contributed by atoms with van der Waals surface area (Å²) in [5.74, 6) is 1.78. The summed E-state index contributed by atoms with van der Waals surface area (Å²) in [5, 5.41) is 6.82. The third-order valence-electron chi connectivity index (χ3n) is 6.06. The number of carbonyl (C=O) groups is 2. The molecule has 0 unspecified atom stereocenters. The lowest BCUT2D eigenvalue weighted by molar-refractivity contribution is -0.127. The number of carbonyl (C=O) groups excluding carboxylic acids is 2. The second-order valence-corrected chi connectivity index (χ2v) is 8.44. The van der Waals surface area contributed by atoms with Crippen LogP contribution >= 0.6 is 0 Å². The SMILES string of the molecule is COc1cc(/C=C/C(=O)N2CCN(C(=O)Nc3ccccc3)CC2)ccc1OCc1c(C)noc1C. The number of aryl methyl sites for hydroxylation is 2. The van der Waals surface area contributed by atoms with Crippen LogP contribution < -0.4 is 14.8 Å². The van der Waals surface area contributed by atoms with Gasteiger partial charge in [0.2, 0.25) is 5.91 Å². The van der Waals surface area contributed by atoms with Crippen LogP contribution in [0, 0.1) is 13.8 Å². The fourth-order valence-electron chi connectivity index (χ4n) is 3.89. The van der Waals surface area contributed by atoms with Gasteiger partial charge in [-0.25, -0.2) is 4.79 Å². The fourth-order valence-corrected chi connectivity index (χ4v) is 3.89. The summed E-state index contributed by atoms with van der Waals surface area (Å²) in [5.41, 5.74) is 3.26. The summed E-state index contributed by atoms with van der Waals surface area (Å²) in [6.45, 7) is 5.94. The highest BCUT2D eigenvalue weighted by Crippen LogP contribution is 2.30. The van der Waals surface area contributed by atoms with Gasteiger partial charge in [0.25, 0.3) is 0 Å². The van der Waals surface area contributed by atoms with E-state index in [1.807, 2.05) is 62.4 Å². The lowest BCUT2D eigenvalue weighted by Crippen LogP contribution is -2.51. The van der Waals surface area contributed by atoms with Crippen molar-refractivity contribution in [2.45, 2.75) is 20.5 Å². The Labute approximate surface area is 210 Å². The van der Waals surface area contributed by atoms with E-state index in [2.05, 4.69) is 10.5 Å². The number of aromatic nitrogens is 1. The van der Waals surface area contributed by atoms with E-state index in [-0.39, 0.29) is 11.9 Å². The highest BCUT2D eigenvalue weighted by molar-refractivity contribution is 5.92. The third kappa shape index (κ3) is 6.04. The zero-order valence-electron chi connectivity index (χ0n) is 20.7. The van der Waals surface area contributed by atoms with Gasteiger partial charge >= 0.3 is 6.03 Å². The first-order valence-corrected chi connectivity index (χ1v) is 11.7. The summed E-state index contributed by atoms with van der Waals surface area (Å²) >= 11 is 0. The quantitative estimate of drug-likeness (QED) is 0.497. The lowest BCUT2D eigenvalue weighted by atomic mass is 10.1. The number of methoxy groups -OCH3 is 1. The molecular formula is C27H30N4O5. The molecule has 0 radical (unpaired) electrons. The van der Waals surface area contributed by atoms with Gasteiger partial charge in [0, 0.05) is 37.9 Å². The first kappa shape index (κ1) is 24.8. The Balaban J connectivity index is 1.30. The number of anilines is 1. The van der Waals surface area contributed by atoms with E-state index in [1.54, 1.807) is 29.1 Å². The van der Waals surface area contributed by atoms with Crippen LogP contribution in [-0.2, 0) is 11.4 Å². The lowest BCUT2D eigenvalue weighted by Gasteiger charge is -2.34. The third-order valence-corrected chi connectivity index (χ3v) is 6.06. The summed E-state index contributed by atoms with van der Waals surface area (Å²) in [6.07, 6.45) is 3.29. The number of hydrogen-bond acceptors (Lipinski definition) is 6. The Hall–Kier alpha value is -4.27. The molecule has 3 aromatic rings. The first-order valence-electron chi connectivity index (χ1n) is 11.7. The Morgan fingerprint density at radius 3 is 2.42 bits per heavy atom. The number of amides is 3. The zero-order chi connectivity index (χ0) is 25.5. The molecule has 1 aliphatic rings. The zero-order valence-corrected chi connectivity index (χ0v) is 20.7. The molecule has 4 rings (SSSR count). The monoisotopic (exact) mass is 490 g/mol. The van der Waals surface area contributed by atoms with Crippen LogP contribution in [0.4, 0.5) is 10.5 Å². The molecule has 9 heteroatoms. The number of hydrogen-bond donors (Lipinski definition) is 1. The number of nitrogens with one attached hydrogen (secondary N) is 1. The van der Waals surface area contributed by atoms with Crippen LogP contribution in [0.3, 0.4) is 0 Å². The van der Waals surface area contributed by atoms with Crippen LogP contribution in [0.1, 0.15) is 22.6 Å². The topological polar surface area (TPSA) is 97.1 Å². The van der Waals surface area contributed by atoms with Crippen LogP contribution in [0.5, 0.6) is 11.5 Å². The molecule has 0 atom stereocenters. The van der Waals surface area contributed by atoms with E-state index in [0.29, 0.717) is 44.3 Å². The van der Waals surface area contributed by atoms with Crippen molar-refractivity contribution in [3.63, 3.8) is 0 Å². The predicted molar refractivity (Wildman–Crippen MR) is 136 cm³/mol. The van der Waals surface area contributed by atoms with E-state index in [1.165, 1.54) is 0 Å². The molecule has 0 bridgehead atoms. The van der Waals surface area contributed by atoms with Crippen molar-refractivity contribution < 1.29 is 23.6 Å². The van der Waals surface area contributed by atoms with E-state index in [0.717, 1.165) is 28.3 Å². The minimum absolute atomic E-state index is 0.101. The molecule has 1 saturated heterocycles. The standard InChI is InChI=1S/C27H30N4O5/c1-19-23(20(2)36-29-19)18-35-24-11-9-21(17-25(24)34-3)10-12-26(32)30-13-15-31(16-14-30)27(33)28-22-7-5-4-6-8-22/h4-12,17H,13-16,18H2,1-3H3,(H,28,33)/b12-10+. The predicted octanol–water partition coefficient (Wildman–Crippen LogP) is 4.27. The summed E-state index contributed by atoms with van der Waals surface area (Å²) in [7, 11) is 1.57. The molecule has 0 saturated carbocycles. The smallest absolute Gasteiger partial charge is 0.321 e. The maximum absolute atomic E-state index is 12.7. The Bertz CT molecular complexity index is 1210. The molecule has 188 valence electrons. The number of piperazine rings is 1. The van der Waals surface area contributed by atoms with Crippen molar-refractivity contribution in [2.24, 2.45) is 0 Å². The second kappa shape index (κ2) is 11.4. The first-order chi connectivity index (χ1) is 17.4. The molecule has 0 spiro atoms. The van der Waals surface area contributed by atoms with Gasteiger partial charge in [0.1, 0.15) is 12.4 Å². The van der Waals surface area contributed by atoms with Crippen molar-refractivity contribution in [3.8, 4) is 11.5 Å². The second-order valence-electron chi connectivity index (χ2n) is 8.44. The highest BCUT2D eigenvalue weighted by Gasteiger charge is 2.23. The van der Waals surface area contributed by atoms with Crippen LogP contribution in [0.15, 0.2) is 59.1 Å². The molecule has 1 N–H and O–H groups in total. The maximum atomic E-state index is 12.7. The minimum atomic E-state index is -0.160. The Morgan fingerprint density at radius 2 is 1.75 bits per heavy atom. The normalized spacial score (nSPS) is 13.6. The minimum Gasteiger partial charge on any atom is -0.493 e. The molecular weight excluding hydrogens is 460 g/mol. The number of para-hydroxylation sites is 1. The molecule has 2 aromatic carbocycles. The van der Waals surface area contributed by atoms with Gasteiger partial charge in [0.15, 0.2) is 11.5 Å². The molecule has 1 fully saturated rings. The highest BCUT2D eigenvalue weighted by atomic mass is 16.5. The van der Waals surface area contributed by atoms with Gasteiger partial charge in [-0.2, -0.15) is 0 Å². The van der Waals surface area contributed by atoms with Crippen molar-refractivity contribution in [1.29, 1.82) is 0 Å². The van der Waals surface area contributed by atoms with E-state index in [4.69, 9.17) is 14.0 Å². The average molecular weight is 491 g/mol. The number of ether oxygens (including phenoxy) is 2. The van der Waals surface area contributed by atoms with Gasteiger partial charge in [-0.1, -0.05) is 29.4 Å². The number of rotatable bonds is 7. The molecule has 1 aromatic heterocycles.